The molecule has 0 rings (SSSR count). The Kier molecular flexibility index (Phi) is 11.8. The first-order valence-electron chi connectivity index (χ1n) is 4.13. The topological polar surface area (TPSA) is 36.7 Å². The lowest BCUT2D eigenvalue weighted by atomic mass is 10.6. The molecule has 0 aliphatic heterocycles. The summed E-state index contributed by atoms with van der Waals surface area (Å²) in [4.78, 5) is 12.3. The second kappa shape index (κ2) is 9.44. The largest absolute Gasteiger partial charge is 0.793 e. The molecule has 1 atom stereocenters. The minimum atomic E-state index is -2.69. The second-order valence-electron chi connectivity index (χ2n) is 2.96. The van der Waals surface area contributed by atoms with Crippen molar-refractivity contribution < 1.29 is 14.3 Å². The second-order valence-corrected chi connectivity index (χ2v) is 9.24. The number of rotatable bonds is 4. The van der Waals surface area contributed by atoms with Gasteiger partial charge >= 0.3 is 0 Å². The predicted molar refractivity (Wildman–Crippen MR) is 62.8 cm³/mol. The third-order valence-corrected chi connectivity index (χ3v) is 5.37. The Balaban J connectivity index is 0. The van der Waals surface area contributed by atoms with Crippen molar-refractivity contribution in [1.29, 1.82) is 0 Å². The van der Waals surface area contributed by atoms with Gasteiger partial charge in [-0.25, -0.2) is 0 Å². The lowest BCUT2D eigenvalue weighted by molar-refractivity contribution is -0.836. The summed E-state index contributed by atoms with van der Waals surface area (Å²) < 4.78 is 4.57. The number of nitrogens with one attached hydrogen (secondary N) is 1. The van der Waals surface area contributed by atoms with Crippen molar-refractivity contribution in [3.63, 3.8) is 0 Å². The van der Waals surface area contributed by atoms with Gasteiger partial charge in [-0.05, 0) is 12.2 Å². The zero-order chi connectivity index (χ0) is 10.9. The molecule has 0 aromatic carbocycles. The summed E-state index contributed by atoms with van der Waals surface area (Å²) in [7, 11) is 7.64. The van der Waals surface area contributed by atoms with Crippen molar-refractivity contribution in [3.8, 4) is 0 Å². The van der Waals surface area contributed by atoms with Crippen molar-refractivity contribution in [2.45, 2.75) is 13.3 Å². The van der Waals surface area contributed by atoms with E-state index < -0.39 is 5.69 Å². The van der Waals surface area contributed by atoms with Gasteiger partial charge in [0.15, 0.2) is 0 Å². The summed E-state index contributed by atoms with van der Waals surface area (Å²) in [6.07, 6.45) is 0.981. The van der Waals surface area contributed by atoms with E-state index in [0.717, 1.165) is 12.2 Å². The van der Waals surface area contributed by atoms with Crippen LogP contribution in [0.1, 0.15) is 13.3 Å². The van der Waals surface area contributed by atoms with Crippen molar-refractivity contribution in [2.24, 2.45) is 0 Å². The van der Waals surface area contributed by atoms with E-state index in [2.05, 4.69) is 37.5 Å². The lowest BCUT2D eigenvalue weighted by Gasteiger charge is -2.23. The van der Waals surface area contributed by atoms with Crippen LogP contribution < -0.4 is 9.79 Å². The number of hydrogen-bond acceptors (Lipinski definition) is 4. The highest BCUT2D eigenvalue weighted by molar-refractivity contribution is 8.67. The average Bonchev–Trinajstić information content (AvgIpc) is 2.00. The van der Waals surface area contributed by atoms with E-state index in [-0.39, 0.29) is 0 Å². The molecule has 0 amide bonds. The highest BCUT2D eigenvalue weighted by Gasteiger charge is 1.97. The summed E-state index contributed by atoms with van der Waals surface area (Å²) in [6, 6.07) is 0. The van der Waals surface area contributed by atoms with Crippen molar-refractivity contribution >= 4 is 28.9 Å². The maximum Gasteiger partial charge on any atom is 0.0661 e. The molecule has 0 saturated carbocycles. The van der Waals surface area contributed by atoms with Crippen LogP contribution in [0.25, 0.3) is 0 Å². The van der Waals surface area contributed by atoms with Gasteiger partial charge in [-0.15, -0.1) is 11.4 Å². The summed E-state index contributed by atoms with van der Waals surface area (Å²) in [5.41, 5.74) is -2.69. The highest BCUT2D eigenvalue weighted by Crippen LogP contribution is 2.50. The van der Waals surface area contributed by atoms with Crippen LogP contribution in [0.5, 0.6) is 0 Å². The predicted octanol–water partition coefficient (Wildman–Crippen LogP) is 0.122. The number of quaternary nitrogens is 1. The van der Waals surface area contributed by atoms with Crippen LogP contribution in [0.3, 0.4) is 0 Å². The first kappa shape index (κ1) is 16.3. The molecule has 82 valence electrons. The van der Waals surface area contributed by atoms with Gasteiger partial charge in [0.2, 0.25) is 0 Å². The van der Waals surface area contributed by atoms with Gasteiger partial charge in [0.1, 0.15) is 0 Å². The van der Waals surface area contributed by atoms with E-state index in [1.54, 1.807) is 0 Å². The normalized spacial score (nSPS) is 14.7. The molecule has 0 fully saturated rings. The van der Waals surface area contributed by atoms with Crippen LogP contribution in [-0.2, 0) is 16.3 Å². The van der Waals surface area contributed by atoms with Crippen LogP contribution in [0.2, 0.25) is 0 Å². The summed E-state index contributed by atoms with van der Waals surface area (Å²) >= 11 is 5.83. The quantitative estimate of drug-likeness (QED) is 0.714. The standard InChI is InChI=1S/C4H11O2PS2.C3H9N/c1-3-4-9-7(5,8)6-2;1-4(2)3/h3-4H2,1-2H3,(H,5,8);1-3H3. The molecule has 1 N–H and O–H groups in total. The fourth-order valence-electron chi connectivity index (χ4n) is 0.256. The average molecular weight is 245 g/mol. The van der Waals surface area contributed by atoms with Gasteiger partial charge in [-0.3, -0.25) is 0 Å². The molecule has 0 aromatic rings. The van der Waals surface area contributed by atoms with Crippen molar-refractivity contribution in [1.82, 2.24) is 0 Å². The molecule has 13 heavy (non-hydrogen) atoms. The minimum absolute atomic E-state index is 0.814. The third kappa shape index (κ3) is 19.3. The molecule has 0 spiro atoms. The first-order chi connectivity index (χ1) is 5.85. The molecule has 0 aliphatic rings. The van der Waals surface area contributed by atoms with E-state index in [1.165, 1.54) is 23.4 Å². The Labute approximate surface area is 90.8 Å². The Hall–Kier alpha value is 0.880. The molecule has 0 aromatic heterocycles. The molecule has 0 heterocycles. The molecule has 0 radical (unpaired) electrons. The minimum Gasteiger partial charge on any atom is -0.793 e. The fourth-order valence-corrected chi connectivity index (χ4v) is 2.97. The van der Waals surface area contributed by atoms with Gasteiger partial charge in [0, 0.05) is 12.8 Å². The molecule has 1 unspecified atom stereocenters. The van der Waals surface area contributed by atoms with E-state index in [9.17, 15) is 4.89 Å². The van der Waals surface area contributed by atoms with Crippen LogP contribution in [0.4, 0.5) is 0 Å². The maximum atomic E-state index is 10.9. The molecular weight excluding hydrogens is 225 g/mol. The van der Waals surface area contributed by atoms with Crippen molar-refractivity contribution in [3.05, 3.63) is 0 Å². The van der Waals surface area contributed by atoms with E-state index in [4.69, 9.17) is 0 Å². The van der Waals surface area contributed by atoms with E-state index >= 15 is 0 Å². The Morgan fingerprint density at radius 2 is 1.85 bits per heavy atom. The summed E-state index contributed by atoms with van der Waals surface area (Å²) in [5, 5.41) is 0. The Morgan fingerprint density at radius 1 is 1.46 bits per heavy atom. The third-order valence-electron chi connectivity index (χ3n) is 0.677. The van der Waals surface area contributed by atoms with Crippen LogP contribution in [-0.4, -0.2) is 34.0 Å². The van der Waals surface area contributed by atoms with Crippen LogP contribution >= 0.6 is 17.1 Å². The van der Waals surface area contributed by atoms with Gasteiger partial charge in [0.05, 0.1) is 21.1 Å². The SMILES string of the molecule is CCCSP([O-])(=S)OC.C[NH+](C)C. The van der Waals surface area contributed by atoms with E-state index in [1.807, 2.05) is 6.92 Å². The molecular formula is C7H20NO2PS2. The van der Waals surface area contributed by atoms with Gasteiger partial charge in [-0.2, -0.15) is 0 Å². The maximum absolute atomic E-state index is 10.9. The Morgan fingerprint density at radius 3 is 2.08 bits per heavy atom. The summed E-state index contributed by atoms with van der Waals surface area (Å²) in [6.45, 7) is 2.01. The molecule has 6 heteroatoms. The Bertz CT molecular complexity index is 153. The monoisotopic (exact) mass is 245 g/mol. The van der Waals surface area contributed by atoms with Gasteiger partial charge < -0.3 is 14.3 Å². The zero-order valence-corrected chi connectivity index (χ0v) is 11.5. The van der Waals surface area contributed by atoms with E-state index in [0.29, 0.717) is 0 Å². The summed E-state index contributed by atoms with van der Waals surface area (Å²) in [5.74, 6) is 0.814. The number of hydrogen-bond donors (Lipinski definition) is 1. The fraction of sp³-hybridized carbons (Fsp3) is 1.00. The van der Waals surface area contributed by atoms with Crippen molar-refractivity contribution in [2.75, 3.05) is 34.0 Å². The first-order valence-corrected chi connectivity index (χ1v) is 8.36. The van der Waals surface area contributed by atoms with Crippen LogP contribution in [0, 0.1) is 0 Å². The van der Waals surface area contributed by atoms with Gasteiger partial charge in [-0.1, -0.05) is 18.7 Å². The molecule has 0 saturated heterocycles. The highest BCUT2D eigenvalue weighted by atomic mass is 32.9. The van der Waals surface area contributed by atoms with Gasteiger partial charge in [0.25, 0.3) is 0 Å². The molecule has 3 nitrogen and oxygen atoms in total. The lowest BCUT2D eigenvalue weighted by Crippen LogP contribution is -3.02. The van der Waals surface area contributed by atoms with Crippen LogP contribution in [0.15, 0.2) is 0 Å². The molecule has 0 aliphatic carbocycles. The smallest absolute Gasteiger partial charge is 0.0661 e. The molecule has 0 bridgehead atoms. The zero-order valence-electron chi connectivity index (χ0n) is 8.99.